The number of aromatic nitrogens is 2. The molecule has 0 amide bonds. The van der Waals surface area contributed by atoms with Crippen molar-refractivity contribution in [3.63, 3.8) is 0 Å². The molecule has 0 spiro atoms. The van der Waals surface area contributed by atoms with Crippen LogP contribution in [0.15, 0.2) is 237 Å². The highest BCUT2D eigenvalue weighted by Gasteiger charge is 2.82. The summed E-state index contributed by atoms with van der Waals surface area (Å²) in [7, 11) is 0. The quantitative estimate of drug-likeness (QED) is 0.108. The van der Waals surface area contributed by atoms with Gasteiger partial charge in [-0.1, -0.05) is 191 Å². The Morgan fingerprint density at radius 2 is 0.987 bits per heavy atom. The topological polar surface area (TPSA) is 7.76 Å². The molecule has 77 heavy (non-hydrogen) atoms. The molecule has 1 aliphatic carbocycles. The van der Waals surface area contributed by atoms with Crippen molar-refractivity contribution in [1.29, 1.82) is 0 Å². The van der Waals surface area contributed by atoms with Gasteiger partial charge >= 0.3 is 0 Å². The third kappa shape index (κ3) is 7.51. The Balaban J connectivity index is 0.866. The van der Waals surface area contributed by atoms with E-state index >= 15 is 0 Å². The molecule has 2 nitrogen and oxygen atoms in total. The number of pyridine rings is 2. The van der Waals surface area contributed by atoms with Crippen LogP contribution in [0.5, 0.6) is 0 Å². The molecule has 0 N–H and O–H groups in total. The van der Waals surface area contributed by atoms with Crippen LogP contribution in [0.2, 0.25) is 0 Å². The molecule has 2 heteroatoms. The van der Waals surface area contributed by atoms with Gasteiger partial charge in [0, 0.05) is 24.0 Å². The van der Waals surface area contributed by atoms with Gasteiger partial charge in [0.05, 0.1) is 27.3 Å². The zero-order chi connectivity index (χ0) is 51.8. The van der Waals surface area contributed by atoms with Gasteiger partial charge in [-0.05, 0) is 168 Å². The lowest BCUT2D eigenvalue weighted by Crippen LogP contribution is -2.44. The Morgan fingerprint density at radius 3 is 1.70 bits per heavy atom. The van der Waals surface area contributed by atoms with Crippen LogP contribution < -0.4 is 9.13 Å². The summed E-state index contributed by atoms with van der Waals surface area (Å²) in [6.07, 6.45) is 10.5. The first-order chi connectivity index (χ1) is 37.9. The Kier molecular flexibility index (Phi) is 11.4. The lowest BCUT2D eigenvalue weighted by molar-refractivity contribution is -0.703. The van der Waals surface area contributed by atoms with Crippen molar-refractivity contribution in [3.8, 4) is 67.0 Å². The van der Waals surface area contributed by atoms with Crippen LogP contribution in [-0.4, -0.2) is 0 Å². The molecule has 0 saturated heterocycles. The molecular formula is C75H64N2+2. The van der Waals surface area contributed by atoms with E-state index in [4.69, 9.17) is 0 Å². The molecule has 10 aromatic carbocycles. The van der Waals surface area contributed by atoms with Gasteiger partial charge < -0.3 is 0 Å². The summed E-state index contributed by atoms with van der Waals surface area (Å²) in [6, 6.07) is 85.1. The van der Waals surface area contributed by atoms with Crippen molar-refractivity contribution >= 4 is 43.1 Å². The number of hydrogen-bond acceptors (Lipinski definition) is 0. The minimum Gasteiger partial charge on any atom is -0.198 e. The average molecular weight is 993 g/mol. The summed E-state index contributed by atoms with van der Waals surface area (Å²) in [5.41, 5.74) is 19.4. The van der Waals surface area contributed by atoms with E-state index in [0.29, 0.717) is 6.04 Å². The largest absolute Gasteiger partial charge is 0.220 e. The first-order valence-corrected chi connectivity index (χ1v) is 28.2. The van der Waals surface area contributed by atoms with Gasteiger partial charge in [0.1, 0.15) is 6.54 Å². The molecule has 1 aliphatic heterocycles. The molecule has 12 aromatic rings. The highest BCUT2D eigenvalue weighted by molar-refractivity contribution is 6.02. The second-order valence-corrected chi connectivity index (χ2v) is 22.4. The Labute approximate surface area is 453 Å². The maximum Gasteiger partial charge on any atom is 0.220 e. The predicted octanol–water partition coefficient (Wildman–Crippen LogP) is 18.8. The number of rotatable bonds is 12. The molecule has 2 aliphatic rings. The third-order valence-corrected chi connectivity index (χ3v) is 18.4. The Bertz CT molecular complexity index is 4210. The van der Waals surface area contributed by atoms with Crippen LogP contribution in [-0.2, 0) is 18.4 Å². The molecule has 0 bridgehead atoms. The van der Waals surface area contributed by atoms with Crippen LogP contribution in [0, 0.1) is 12.3 Å². The molecule has 3 unspecified atom stereocenters. The maximum absolute atomic E-state index is 2.70. The molecule has 3 atom stereocenters. The first kappa shape index (κ1) is 47.0. The fourth-order valence-corrected chi connectivity index (χ4v) is 14.4. The Hall–Kier alpha value is -8.46. The average Bonchev–Trinajstić information content (AvgIpc) is 4.02. The summed E-state index contributed by atoms with van der Waals surface area (Å²) in [6.45, 7) is 10.5. The van der Waals surface area contributed by atoms with Crippen LogP contribution >= 0.6 is 0 Å². The minimum atomic E-state index is -0.0187. The third-order valence-electron chi connectivity index (χ3n) is 18.4. The van der Waals surface area contributed by atoms with Crippen LogP contribution in [0.25, 0.3) is 110 Å². The van der Waals surface area contributed by atoms with Crippen molar-refractivity contribution in [2.45, 2.75) is 77.8 Å². The monoisotopic (exact) mass is 993 g/mol. The van der Waals surface area contributed by atoms with Gasteiger partial charge in [-0.3, -0.25) is 0 Å². The molecular weight excluding hydrogens is 929 g/mol. The SMILES string of the molecule is CCCCc1cccc2c3[n+](ccc12)C1C(C)(CC)C1(CC[n+]1ccc2ccccc2c1-c1cc(-c2cccc(-c4cc(-c5cccc6ccccc56)cc(-c5cccc6ccccc56)c4)c2)ccc1C)c1ccccc1-3. The molecule has 1 fully saturated rings. The van der Waals surface area contributed by atoms with Gasteiger partial charge in [-0.15, -0.1) is 0 Å². The number of aryl methyl sites for hydroxylation is 3. The van der Waals surface area contributed by atoms with Crippen molar-refractivity contribution in [2.24, 2.45) is 5.41 Å². The van der Waals surface area contributed by atoms with E-state index < -0.39 is 0 Å². The zero-order valence-electron chi connectivity index (χ0n) is 44.7. The second kappa shape index (κ2) is 18.7. The Morgan fingerprint density at radius 1 is 0.429 bits per heavy atom. The number of fused-ring (bicyclic) bond motifs is 11. The lowest BCUT2D eigenvalue weighted by atomic mass is 9.78. The van der Waals surface area contributed by atoms with E-state index in [1.807, 2.05) is 0 Å². The number of hydrogen-bond donors (Lipinski definition) is 0. The van der Waals surface area contributed by atoms with Crippen LogP contribution in [0.3, 0.4) is 0 Å². The minimum absolute atomic E-state index is 0.0187. The van der Waals surface area contributed by atoms with Crippen molar-refractivity contribution in [3.05, 3.63) is 254 Å². The van der Waals surface area contributed by atoms with Crippen molar-refractivity contribution < 1.29 is 9.13 Å². The molecule has 14 rings (SSSR count). The lowest BCUT2D eigenvalue weighted by Gasteiger charge is -2.25. The van der Waals surface area contributed by atoms with Gasteiger partial charge in [0.25, 0.3) is 0 Å². The highest BCUT2D eigenvalue weighted by atomic mass is 15.1. The number of unbranched alkanes of at least 4 members (excludes halogenated alkanes) is 1. The van der Waals surface area contributed by atoms with E-state index in [1.54, 1.807) is 0 Å². The summed E-state index contributed by atoms with van der Waals surface area (Å²) < 4.78 is 5.30. The van der Waals surface area contributed by atoms with Crippen LogP contribution in [0.4, 0.5) is 0 Å². The maximum atomic E-state index is 2.70. The smallest absolute Gasteiger partial charge is 0.198 e. The fraction of sp³-hybridized carbons (Fsp3) is 0.173. The van der Waals surface area contributed by atoms with E-state index in [-0.39, 0.29) is 10.8 Å². The van der Waals surface area contributed by atoms with Gasteiger partial charge in [-0.2, -0.15) is 9.13 Å². The first-order valence-electron chi connectivity index (χ1n) is 28.2. The van der Waals surface area contributed by atoms with E-state index in [2.05, 4.69) is 274 Å². The standard InChI is InChI=1S/C75H64N2/c1-5-7-20-51-26-19-35-67-65(51)40-43-77-72(67)68-32-14-15-36-70(68)75(73(77)74(75,4)6-2)41-44-76-42-39-54-23-10-13-31-66(54)71(76)69-49-57(38-37-50(69)3)55-27-16-28-56(45-55)58-46-59(63-33-17-24-52-21-8-11-29-61(52)63)48-60(47-58)64-34-18-25-53-22-9-12-30-62(53)64/h8-19,21-40,42-43,45-49,73H,5-7,20,41,44H2,1-4H3/q+2. The molecule has 1 saturated carbocycles. The van der Waals surface area contributed by atoms with E-state index in [1.165, 1.54) is 140 Å². The summed E-state index contributed by atoms with van der Waals surface area (Å²) >= 11 is 0. The molecule has 0 radical (unpaired) electrons. The van der Waals surface area contributed by atoms with E-state index in [9.17, 15) is 0 Å². The summed E-state index contributed by atoms with van der Waals surface area (Å²) in [4.78, 5) is 0. The molecule has 3 heterocycles. The highest BCUT2D eigenvalue weighted by Crippen LogP contribution is 2.76. The predicted molar refractivity (Wildman–Crippen MR) is 323 cm³/mol. The second-order valence-electron chi connectivity index (χ2n) is 22.4. The van der Waals surface area contributed by atoms with Gasteiger partial charge in [0.2, 0.25) is 11.4 Å². The summed E-state index contributed by atoms with van der Waals surface area (Å²) in [5, 5.41) is 10.4. The zero-order valence-corrected chi connectivity index (χ0v) is 44.7. The van der Waals surface area contributed by atoms with Crippen molar-refractivity contribution in [1.82, 2.24) is 0 Å². The van der Waals surface area contributed by atoms with Gasteiger partial charge in [0.15, 0.2) is 18.4 Å². The number of nitrogens with zero attached hydrogens (tertiary/aromatic N) is 2. The number of benzene rings is 10. The fourth-order valence-electron chi connectivity index (χ4n) is 14.4. The van der Waals surface area contributed by atoms with Crippen molar-refractivity contribution in [2.75, 3.05) is 0 Å². The molecule has 372 valence electrons. The van der Waals surface area contributed by atoms with Gasteiger partial charge in [-0.25, -0.2) is 0 Å². The van der Waals surface area contributed by atoms with Crippen LogP contribution in [0.1, 0.15) is 69.2 Å². The van der Waals surface area contributed by atoms with E-state index in [0.717, 1.165) is 25.8 Å². The normalized spacial score (nSPS) is 17.4. The summed E-state index contributed by atoms with van der Waals surface area (Å²) in [5.74, 6) is 0. The molecule has 2 aromatic heterocycles.